The molecule has 2 fully saturated rings. The van der Waals surface area contributed by atoms with E-state index in [0.717, 1.165) is 18.1 Å². The normalized spacial score (nSPS) is 20.0. The van der Waals surface area contributed by atoms with E-state index in [0.29, 0.717) is 51.1 Å². The van der Waals surface area contributed by atoms with Crippen LogP contribution in [-0.4, -0.2) is 76.6 Å². The Morgan fingerprint density at radius 2 is 1.74 bits per heavy atom. The highest BCUT2D eigenvalue weighted by atomic mass is 19.1. The van der Waals surface area contributed by atoms with Gasteiger partial charge < -0.3 is 26.0 Å². The number of hydrogen-bond acceptors (Lipinski definition) is 5. The van der Waals surface area contributed by atoms with Crippen LogP contribution in [0.25, 0.3) is 0 Å². The summed E-state index contributed by atoms with van der Waals surface area (Å²) in [6, 6.07) is 10.7. The number of nitrogens with one attached hydrogen (secondary N) is 3. The quantitative estimate of drug-likeness (QED) is 0.450. The lowest BCUT2D eigenvalue weighted by Crippen LogP contribution is -2.48. The smallest absolute Gasteiger partial charge is 0.319 e. The molecule has 0 spiro atoms. The van der Waals surface area contributed by atoms with Gasteiger partial charge in [-0.3, -0.25) is 14.5 Å². The second kappa shape index (κ2) is 12.1. The second-order valence-electron chi connectivity index (χ2n) is 11.4. The minimum atomic E-state index is -0.697. The molecule has 2 aromatic carbocycles. The van der Waals surface area contributed by atoms with E-state index in [4.69, 9.17) is 0 Å². The van der Waals surface area contributed by atoms with E-state index >= 15 is 0 Å². The lowest BCUT2D eigenvalue weighted by atomic mass is 10.1. The molecule has 9 nitrogen and oxygen atoms in total. The maximum Gasteiger partial charge on any atom is 0.319 e. The predicted molar refractivity (Wildman–Crippen MR) is 147 cm³/mol. The van der Waals surface area contributed by atoms with Gasteiger partial charge in [0, 0.05) is 49.4 Å². The number of halogens is 1. The number of benzene rings is 2. The predicted octanol–water partition coefficient (Wildman–Crippen LogP) is 3.35. The topological polar surface area (TPSA) is 114 Å². The molecule has 2 aliphatic rings. The molecular formula is C29H38FN5O4. The number of carbonyl (C=O) groups excluding carboxylic acids is 3. The van der Waals surface area contributed by atoms with Gasteiger partial charge in [-0.1, -0.05) is 12.1 Å². The summed E-state index contributed by atoms with van der Waals surface area (Å²) in [5, 5.41) is 18.0. The molecule has 0 unspecified atom stereocenters. The van der Waals surface area contributed by atoms with Gasteiger partial charge in [0.15, 0.2) is 0 Å². The molecule has 0 bridgehead atoms. The molecule has 0 aromatic heterocycles. The highest BCUT2D eigenvalue weighted by Crippen LogP contribution is 2.21. The molecular weight excluding hydrogens is 501 g/mol. The third-order valence-corrected chi connectivity index (χ3v) is 7.00. The van der Waals surface area contributed by atoms with Crippen LogP contribution in [0.15, 0.2) is 42.5 Å². The first kappa shape index (κ1) is 28.5. The molecule has 4 N–H and O–H groups in total. The zero-order valence-corrected chi connectivity index (χ0v) is 22.8. The SMILES string of the molecule is CC(C)(C)NC(=O)c1cccc(CN2CCN(C(=O)c3ccc(NC(=O)N[C@H]4CCC[C@@H]4O)c(F)c3)CC2)c1. The van der Waals surface area contributed by atoms with E-state index in [9.17, 15) is 23.9 Å². The van der Waals surface area contributed by atoms with Crippen LogP contribution in [0.5, 0.6) is 0 Å². The van der Waals surface area contributed by atoms with E-state index < -0.39 is 18.0 Å². The number of urea groups is 1. The van der Waals surface area contributed by atoms with Crippen molar-refractivity contribution >= 4 is 23.5 Å². The van der Waals surface area contributed by atoms with E-state index in [-0.39, 0.29) is 34.6 Å². The van der Waals surface area contributed by atoms with Gasteiger partial charge in [-0.2, -0.15) is 0 Å². The number of rotatable bonds is 6. The molecule has 10 heteroatoms. The summed E-state index contributed by atoms with van der Waals surface area (Å²) in [6.07, 6.45) is 1.55. The summed E-state index contributed by atoms with van der Waals surface area (Å²) in [7, 11) is 0. The zero-order chi connectivity index (χ0) is 28.2. The summed E-state index contributed by atoms with van der Waals surface area (Å²) >= 11 is 0. The highest BCUT2D eigenvalue weighted by molar-refractivity contribution is 5.96. The number of amides is 4. The third kappa shape index (κ3) is 7.77. The molecule has 1 saturated carbocycles. The van der Waals surface area contributed by atoms with Crippen molar-refractivity contribution < 1.29 is 23.9 Å². The van der Waals surface area contributed by atoms with E-state index in [1.165, 1.54) is 12.1 Å². The Morgan fingerprint density at radius 1 is 1.00 bits per heavy atom. The Kier molecular flexibility index (Phi) is 8.87. The fourth-order valence-corrected chi connectivity index (χ4v) is 4.96. The lowest BCUT2D eigenvalue weighted by Gasteiger charge is -2.35. The average Bonchev–Trinajstić information content (AvgIpc) is 3.28. The van der Waals surface area contributed by atoms with Crippen LogP contribution in [0.1, 0.15) is 66.3 Å². The van der Waals surface area contributed by atoms with Crippen LogP contribution in [0, 0.1) is 5.82 Å². The molecule has 4 amide bonds. The first-order chi connectivity index (χ1) is 18.5. The van der Waals surface area contributed by atoms with Crippen molar-refractivity contribution in [3.05, 3.63) is 65.0 Å². The Morgan fingerprint density at radius 3 is 2.38 bits per heavy atom. The molecule has 0 radical (unpaired) electrons. The Balaban J connectivity index is 1.28. The first-order valence-electron chi connectivity index (χ1n) is 13.5. The van der Waals surface area contributed by atoms with Gasteiger partial charge in [-0.15, -0.1) is 0 Å². The fraction of sp³-hybridized carbons (Fsp3) is 0.483. The van der Waals surface area contributed by atoms with Crippen molar-refractivity contribution in [3.8, 4) is 0 Å². The zero-order valence-electron chi connectivity index (χ0n) is 22.8. The summed E-state index contributed by atoms with van der Waals surface area (Å²) in [5.74, 6) is -1.07. The van der Waals surface area contributed by atoms with Gasteiger partial charge in [-0.25, -0.2) is 9.18 Å². The first-order valence-corrected chi connectivity index (χ1v) is 13.5. The minimum Gasteiger partial charge on any atom is -0.391 e. The van der Waals surface area contributed by atoms with Gasteiger partial charge >= 0.3 is 6.03 Å². The molecule has 2 aromatic rings. The molecule has 2 atom stereocenters. The van der Waals surface area contributed by atoms with Gasteiger partial charge in [-0.05, 0) is 75.9 Å². The molecule has 1 aliphatic heterocycles. The van der Waals surface area contributed by atoms with Gasteiger partial charge in [0.1, 0.15) is 5.82 Å². The number of anilines is 1. The van der Waals surface area contributed by atoms with Crippen molar-refractivity contribution in [2.75, 3.05) is 31.5 Å². The molecule has 210 valence electrons. The molecule has 39 heavy (non-hydrogen) atoms. The monoisotopic (exact) mass is 539 g/mol. The molecule has 1 aliphatic carbocycles. The van der Waals surface area contributed by atoms with Crippen molar-refractivity contribution in [2.24, 2.45) is 0 Å². The molecule has 1 heterocycles. The number of aliphatic hydroxyl groups excluding tert-OH is 1. The summed E-state index contributed by atoms with van der Waals surface area (Å²) in [6.45, 7) is 8.79. The standard InChI is InChI=1S/C29H38FN5O4/c1-29(2,3)33-26(37)20-7-4-6-19(16-20)18-34-12-14-35(15-13-34)27(38)21-10-11-23(22(30)17-21)31-28(39)32-24-8-5-9-25(24)36/h4,6-7,10-11,16-17,24-25,36H,5,8-9,12-15,18H2,1-3H3,(H,33,37)(H2,31,32,39)/t24-,25-/m0/s1. The largest absolute Gasteiger partial charge is 0.391 e. The summed E-state index contributed by atoms with van der Waals surface area (Å²) < 4.78 is 14.7. The van der Waals surface area contributed by atoms with Crippen molar-refractivity contribution in [3.63, 3.8) is 0 Å². The number of hydrogen-bond donors (Lipinski definition) is 4. The van der Waals surface area contributed by atoms with Gasteiger partial charge in [0.2, 0.25) is 0 Å². The Labute approximate surface area is 228 Å². The number of piperazine rings is 1. The van der Waals surface area contributed by atoms with Gasteiger partial charge in [0.25, 0.3) is 11.8 Å². The molecule has 1 saturated heterocycles. The van der Waals surface area contributed by atoms with Crippen molar-refractivity contribution in [1.82, 2.24) is 20.4 Å². The average molecular weight is 540 g/mol. The third-order valence-electron chi connectivity index (χ3n) is 7.00. The van der Waals surface area contributed by atoms with Crippen molar-refractivity contribution in [2.45, 2.75) is 64.3 Å². The van der Waals surface area contributed by atoms with Gasteiger partial charge in [0.05, 0.1) is 17.8 Å². The van der Waals surface area contributed by atoms with Crippen LogP contribution >= 0.6 is 0 Å². The van der Waals surface area contributed by atoms with Crippen LogP contribution in [0.2, 0.25) is 0 Å². The van der Waals surface area contributed by atoms with E-state index in [2.05, 4.69) is 20.9 Å². The van der Waals surface area contributed by atoms with Crippen molar-refractivity contribution in [1.29, 1.82) is 0 Å². The van der Waals surface area contributed by atoms with Crippen LogP contribution in [0.4, 0.5) is 14.9 Å². The second-order valence-corrected chi connectivity index (χ2v) is 11.4. The number of aliphatic hydroxyl groups is 1. The Hall–Kier alpha value is -3.50. The Bertz CT molecular complexity index is 1210. The maximum atomic E-state index is 14.7. The van der Waals surface area contributed by atoms with E-state index in [1.54, 1.807) is 11.0 Å². The minimum absolute atomic E-state index is 0.0280. The summed E-state index contributed by atoms with van der Waals surface area (Å²) in [4.78, 5) is 41.6. The molecule has 4 rings (SSSR count). The van der Waals surface area contributed by atoms with Crippen LogP contribution in [0.3, 0.4) is 0 Å². The van der Waals surface area contributed by atoms with E-state index in [1.807, 2.05) is 39.0 Å². The van der Waals surface area contributed by atoms with Crippen LogP contribution in [-0.2, 0) is 6.54 Å². The lowest BCUT2D eigenvalue weighted by molar-refractivity contribution is 0.0627. The maximum absolute atomic E-state index is 14.7. The fourth-order valence-electron chi connectivity index (χ4n) is 4.96. The number of carbonyl (C=O) groups is 3. The highest BCUT2D eigenvalue weighted by Gasteiger charge is 2.27. The number of nitrogens with zero attached hydrogens (tertiary/aromatic N) is 2. The summed E-state index contributed by atoms with van der Waals surface area (Å²) in [5.41, 5.74) is 1.51. The van der Waals surface area contributed by atoms with Crippen LogP contribution < -0.4 is 16.0 Å².